The molecule has 0 spiro atoms. The van der Waals surface area contributed by atoms with Gasteiger partial charge in [0.1, 0.15) is 5.75 Å². The lowest BCUT2D eigenvalue weighted by molar-refractivity contribution is 0.108. The van der Waals surface area contributed by atoms with Crippen LogP contribution in [0.15, 0.2) is 6.20 Å². The summed E-state index contributed by atoms with van der Waals surface area (Å²) in [4.78, 5) is 15.0. The van der Waals surface area contributed by atoms with Crippen molar-refractivity contribution >= 4 is 6.29 Å². The molecular weight excluding hydrogens is 254 g/mol. The Hall–Kier alpha value is -1.42. The lowest BCUT2D eigenvalue weighted by atomic mass is 10.1. The van der Waals surface area contributed by atoms with Crippen molar-refractivity contribution in [2.45, 2.75) is 59.0 Å². The van der Waals surface area contributed by atoms with Crippen molar-refractivity contribution in [3.8, 4) is 5.75 Å². The molecule has 0 radical (unpaired) electrons. The molecule has 20 heavy (non-hydrogen) atoms. The number of rotatable bonds is 10. The van der Waals surface area contributed by atoms with Gasteiger partial charge in [0.15, 0.2) is 6.29 Å². The number of hydrogen-bond donors (Lipinski definition) is 1. The van der Waals surface area contributed by atoms with Crippen LogP contribution in [0.5, 0.6) is 5.75 Å². The minimum atomic E-state index is -0.0411. The standard InChI is InChI=1S/C16H25NO3/c1-3-4-5-6-7-8-9-20-12-14-10-17-13(2)16(19)15(14)11-18/h10-11,19H,3-9,12H2,1-2H3. The summed E-state index contributed by atoms with van der Waals surface area (Å²) in [5.74, 6) is -0.0411. The van der Waals surface area contributed by atoms with Crippen LogP contribution in [0.3, 0.4) is 0 Å². The first kappa shape index (κ1) is 16.6. The van der Waals surface area contributed by atoms with E-state index < -0.39 is 0 Å². The zero-order valence-electron chi connectivity index (χ0n) is 12.5. The minimum absolute atomic E-state index is 0.0411. The Morgan fingerprint density at radius 3 is 2.65 bits per heavy atom. The van der Waals surface area contributed by atoms with Gasteiger partial charge in [-0.15, -0.1) is 0 Å². The van der Waals surface area contributed by atoms with Crippen LogP contribution in [-0.4, -0.2) is 23.0 Å². The summed E-state index contributed by atoms with van der Waals surface area (Å²) in [6, 6.07) is 0. The van der Waals surface area contributed by atoms with E-state index in [1.807, 2.05) is 0 Å². The number of carbonyl (C=O) groups is 1. The third-order valence-corrected chi connectivity index (χ3v) is 3.38. The van der Waals surface area contributed by atoms with Crippen molar-refractivity contribution in [1.29, 1.82) is 0 Å². The molecule has 1 heterocycles. The summed E-state index contributed by atoms with van der Waals surface area (Å²) in [6.45, 7) is 4.88. The second-order valence-electron chi connectivity index (χ2n) is 5.07. The maximum Gasteiger partial charge on any atom is 0.154 e. The fourth-order valence-electron chi connectivity index (χ4n) is 2.07. The molecule has 1 rings (SSSR count). The molecule has 0 aliphatic rings. The van der Waals surface area contributed by atoms with Crippen molar-refractivity contribution in [2.24, 2.45) is 0 Å². The first-order valence-electron chi connectivity index (χ1n) is 7.41. The van der Waals surface area contributed by atoms with Gasteiger partial charge in [0, 0.05) is 18.4 Å². The molecule has 112 valence electrons. The number of pyridine rings is 1. The molecule has 0 unspecified atom stereocenters. The number of ether oxygens (including phenoxy) is 1. The van der Waals surface area contributed by atoms with Gasteiger partial charge >= 0.3 is 0 Å². The highest BCUT2D eigenvalue weighted by atomic mass is 16.5. The van der Waals surface area contributed by atoms with Gasteiger partial charge in [-0.25, -0.2) is 0 Å². The molecule has 4 nitrogen and oxygen atoms in total. The predicted molar refractivity (Wildman–Crippen MR) is 79.1 cm³/mol. The number of unbranched alkanes of at least 4 members (excludes halogenated alkanes) is 5. The van der Waals surface area contributed by atoms with E-state index in [0.717, 1.165) is 6.42 Å². The van der Waals surface area contributed by atoms with E-state index in [2.05, 4.69) is 11.9 Å². The van der Waals surface area contributed by atoms with Crippen molar-refractivity contribution in [1.82, 2.24) is 4.98 Å². The van der Waals surface area contributed by atoms with Crippen LogP contribution in [0.2, 0.25) is 0 Å². The largest absolute Gasteiger partial charge is 0.505 e. The van der Waals surface area contributed by atoms with Crippen molar-refractivity contribution in [3.05, 3.63) is 23.0 Å². The van der Waals surface area contributed by atoms with E-state index in [0.29, 0.717) is 36.3 Å². The maximum atomic E-state index is 11.0. The second kappa shape index (κ2) is 9.48. The van der Waals surface area contributed by atoms with E-state index >= 15 is 0 Å². The molecule has 4 heteroatoms. The summed E-state index contributed by atoms with van der Waals surface area (Å²) < 4.78 is 5.55. The Kier molecular flexibility index (Phi) is 7.88. The molecule has 1 aromatic heterocycles. The molecule has 0 saturated heterocycles. The van der Waals surface area contributed by atoms with Crippen molar-refractivity contribution in [2.75, 3.05) is 6.61 Å². The molecule has 0 bridgehead atoms. The van der Waals surface area contributed by atoms with Gasteiger partial charge in [-0.3, -0.25) is 9.78 Å². The number of nitrogens with zero attached hydrogens (tertiary/aromatic N) is 1. The molecule has 0 aliphatic heterocycles. The summed E-state index contributed by atoms with van der Waals surface area (Å²) in [7, 11) is 0. The van der Waals surface area contributed by atoms with E-state index in [1.54, 1.807) is 13.1 Å². The Bertz CT molecular complexity index is 418. The fraction of sp³-hybridized carbons (Fsp3) is 0.625. The Morgan fingerprint density at radius 1 is 1.25 bits per heavy atom. The van der Waals surface area contributed by atoms with Gasteiger partial charge in [-0.2, -0.15) is 0 Å². The smallest absolute Gasteiger partial charge is 0.154 e. The van der Waals surface area contributed by atoms with Gasteiger partial charge < -0.3 is 9.84 Å². The third kappa shape index (κ3) is 5.29. The van der Waals surface area contributed by atoms with Crippen LogP contribution in [0.25, 0.3) is 0 Å². The third-order valence-electron chi connectivity index (χ3n) is 3.38. The highest BCUT2D eigenvalue weighted by Crippen LogP contribution is 2.22. The predicted octanol–water partition coefficient (Wildman–Crippen LogP) is 3.79. The fourth-order valence-corrected chi connectivity index (χ4v) is 2.07. The van der Waals surface area contributed by atoms with Crippen LogP contribution >= 0.6 is 0 Å². The summed E-state index contributed by atoms with van der Waals surface area (Å²) >= 11 is 0. The van der Waals surface area contributed by atoms with Gasteiger partial charge in [0.2, 0.25) is 0 Å². The van der Waals surface area contributed by atoms with Gasteiger partial charge in [-0.1, -0.05) is 39.0 Å². The van der Waals surface area contributed by atoms with Crippen molar-refractivity contribution in [3.63, 3.8) is 0 Å². The number of aromatic nitrogens is 1. The van der Waals surface area contributed by atoms with E-state index in [1.165, 1.54) is 32.1 Å². The van der Waals surface area contributed by atoms with Crippen LogP contribution < -0.4 is 0 Å². The van der Waals surface area contributed by atoms with Gasteiger partial charge in [-0.05, 0) is 13.3 Å². The lowest BCUT2D eigenvalue weighted by Gasteiger charge is -2.09. The van der Waals surface area contributed by atoms with Crippen molar-refractivity contribution < 1.29 is 14.6 Å². The van der Waals surface area contributed by atoms with Crippen LogP contribution in [0.4, 0.5) is 0 Å². The molecule has 1 N–H and O–H groups in total. The molecule has 0 amide bonds. The number of carbonyl (C=O) groups excluding carboxylic acids is 1. The van der Waals surface area contributed by atoms with Crippen LogP contribution in [0.1, 0.15) is 67.1 Å². The molecule has 0 saturated carbocycles. The van der Waals surface area contributed by atoms with Gasteiger partial charge in [0.05, 0.1) is 17.9 Å². The SMILES string of the molecule is CCCCCCCCOCc1cnc(C)c(O)c1C=O. The summed E-state index contributed by atoms with van der Waals surface area (Å²) in [5, 5.41) is 9.75. The van der Waals surface area contributed by atoms with Gasteiger partial charge in [0.25, 0.3) is 0 Å². The number of aldehydes is 1. The molecule has 1 aromatic rings. The van der Waals surface area contributed by atoms with Crippen LogP contribution in [0, 0.1) is 6.92 Å². The maximum absolute atomic E-state index is 11.0. The summed E-state index contributed by atoms with van der Waals surface area (Å²) in [5.41, 5.74) is 1.40. The topological polar surface area (TPSA) is 59.4 Å². The highest BCUT2D eigenvalue weighted by molar-refractivity contribution is 5.81. The highest BCUT2D eigenvalue weighted by Gasteiger charge is 2.10. The second-order valence-corrected chi connectivity index (χ2v) is 5.07. The van der Waals surface area contributed by atoms with Crippen LogP contribution in [-0.2, 0) is 11.3 Å². The Labute approximate surface area is 121 Å². The molecular formula is C16H25NO3. The quantitative estimate of drug-likeness (QED) is 0.523. The number of hydrogen-bond acceptors (Lipinski definition) is 4. The monoisotopic (exact) mass is 279 g/mol. The Balaban J connectivity index is 2.29. The first-order chi connectivity index (χ1) is 9.70. The Morgan fingerprint density at radius 2 is 1.95 bits per heavy atom. The molecule has 0 aromatic carbocycles. The van der Waals surface area contributed by atoms with E-state index in [-0.39, 0.29) is 5.75 Å². The molecule has 0 aliphatic carbocycles. The zero-order valence-corrected chi connectivity index (χ0v) is 12.5. The zero-order chi connectivity index (χ0) is 14.8. The molecule has 0 fully saturated rings. The minimum Gasteiger partial charge on any atom is -0.505 e. The van der Waals surface area contributed by atoms with E-state index in [9.17, 15) is 9.90 Å². The average Bonchev–Trinajstić information content (AvgIpc) is 2.45. The normalized spacial score (nSPS) is 10.7. The summed E-state index contributed by atoms with van der Waals surface area (Å²) in [6.07, 6.45) is 9.58. The number of aromatic hydroxyl groups is 1. The van der Waals surface area contributed by atoms with E-state index in [4.69, 9.17) is 4.74 Å². The molecule has 0 atom stereocenters. The average molecular weight is 279 g/mol. The first-order valence-corrected chi connectivity index (χ1v) is 7.41. The number of aryl methyl sites for hydroxylation is 1. The lowest BCUT2D eigenvalue weighted by Crippen LogP contribution is -2.02.